The minimum Gasteiger partial charge on any atom is -0.345 e. The number of carbonyl (C=O) groups is 1. The summed E-state index contributed by atoms with van der Waals surface area (Å²) in [6.45, 7) is 3.94. The molecule has 0 unspecified atom stereocenters. The second-order valence-corrected chi connectivity index (χ2v) is 5.10. The van der Waals surface area contributed by atoms with Crippen molar-refractivity contribution in [3.05, 3.63) is 0 Å². The van der Waals surface area contributed by atoms with Gasteiger partial charge in [0, 0.05) is 20.1 Å². The Labute approximate surface area is 99.6 Å². The third-order valence-electron chi connectivity index (χ3n) is 3.72. The molecule has 1 N–H and O–H groups in total. The number of amides is 1. The molecule has 0 atom stereocenters. The van der Waals surface area contributed by atoms with Crippen LogP contribution in [-0.2, 0) is 4.79 Å². The van der Waals surface area contributed by atoms with Crippen molar-refractivity contribution in [3.8, 4) is 0 Å². The lowest BCUT2D eigenvalue weighted by Crippen LogP contribution is -2.51. The normalized spacial score (nSPS) is 17.9. The number of rotatable bonds is 7. The molecule has 0 aromatic rings. The van der Waals surface area contributed by atoms with Gasteiger partial charge in [0.25, 0.3) is 0 Å². The molecule has 1 aliphatic rings. The van der Waals surface area contributed by atoms with Crippen LogP contribution in [0.3, 0.4) is 0 Å². The summed E-state index contributed by atoms with van der Waals surface area (Å²) in [5.74, 6) is 0.351. The summed E-state index contributed by atoms with van der Waals surface area (Å²) < 4.78 is 0. The van der Waals surface area contributed by atoms with Crippen molar-refractivity contribution in [2.24, 2.45) is 5.41 Å². The summed E-state index contributed by atoms with van der Waals surface area (Å²) in [6, 6.07) is 0. The van der Waals surface area contributed by atoms with Gasteiger partial charge in [-0.25, -0.2) is 0 Å². The van der Waals surface area contributed by atoms with Gasteiger partial charge in [-0.1, -0.05) is 26.2 Å². The average molecular weight is 226 g/mol. The maximum Gasteiger partial charge on any atom is 0.229 e. The molecule has 0 aliphatic heterocycles. The quantitative estimate of drug-likeness (QED) is 0.674. The third kappa shape index (κ3) is 2.97. The van der Waals surface area contributed by atoms with E-state index in [0.717, 1.165) is 32.4 Å². The maximum absolute atomic E-state index is 12.3. The highest BCUT2D eigenvalue weighted by Crippen LogP contribution is 2.41. The summed E-state index contributed by atoms with van der Waals surface area (Å²) in [5, 5.41) is 3.17. The molecule has 94 valence electrons. The fourth-order valence-electron chi connectivity index (χ4n) is 2.51. The predicted octanol–water partition coefficient (Wildman–Crippen LogP) is 2.02. The Bertz CT molecular complexity index is 224. The van der Waals surface area contributed by atoms with Gasteiger partial charge in [-0.05, 0) is 26.3 Å². The summed E-state index contributed by atoms with van der Waals surface area (Å²) in [6.07, 6.45) is 6.89. The number of hydrogen-bond donors (Lipinski definition) is 1. The van der Waals surface area contributed by atoms with E-state index in [9.17, 15) is 4.79 Å². The summed E-state index contributed by atoms with van der Waals surface area (Å²) in [7, 11) is 3.89. The van der Waals surface area contributed by atoms with Crippen LogP contribution in [0.4, 0.5) is 0 Å². The lowest BCUT2D eigenvalue weighted by molar-refractivity contribution is -0.145. The van der Waals surface area contributed by atoms with Crippen molar-refractivity contribution in [1.82, 2.24) is 10.2 Å². The van der Waals surface area contributed by atoms with Crippen LogP contribution in [-0.4, -0.2) is 38.0 Å². The minimum atomic E-state index is -0.0737. The molecule has 3 nitrogen and oxygen atoms in total. The molecule has 0 spiro atoms. The van der Waals surface area contributed by atoms with Crippen LogP contribution in [0.1, 0.15) is 45.4 Å². The molecule has 1 amide bonds. The van der Waals surface area contributed by atoms with Gasteiger partial charge in [0.1, 0.15) is 0 Å². The number of carbonyl (C=O) groups excluding carboxylic acids is 1. The molecule has 0 aromatic heterocycles. The van der Waals surface area contributed by atoms with Crippen LogP contribution >= 0.6 is 0 Å². The van der Waals surface area contributed by atoms with Crippen LogP contribution in [0.5, 0.6) is 0 Å². The second kappa shape index (κ2) is 6.24. The van der Waals surface area contributed by atoms with Crippen molar-refractivity contribution in [2.45, 2.75) is 45.4 Å². The van der Waals surface area contributed by atoms with Gasteiger partial charge in [-0.2, -0.15) is 0 Å². The maximum atomic E-state index is 12.3. The molecule has 1 fully saturated rings. The zero-order valence-electron chi connectivity index (χ0n) is 11.0. The fourth-order valence-corrected chi connectivity index (χ4v) is 2.51. The van der Waals surface area contributed by atoms with Crippen LogP contribution in [0.2, 0.25) is 0 Å². The van der Waals surface area contributed by atoms with Crippen LogP contribution in [0.25, 0.3) is 0 Å². The standard InChI is InChI=1S/C13H26N2O/c1-4-5-6-10-15(3)12(16)13(11-14-2)8-7-9-13/h14H,4-11H2,1-3H3. The smallest absolute Gasteiger partial charge is 0.229 e. The number of nitrogens with zero attached hydrogens (tertiary/aromatic N) is 1. The molecule has 0 bridgehead atoms. The molecular weight excluding hydrogens is 200 g/mol. The Hall–Kier alpha value is -0.570. The average Bonchev–Trinajstić information content (AvgIpc) is 2.22. The van der Waals surface area contributed by atoms with E-state index >= 15 is 0 Å². The minimum absolute atomic E-state index is 0.0737. The van der Waals surface area contributed by atoms with E-state index in [-0.39, 0.29) is 5.41 Å². The zero-order valence-corrected chi connectivity index (χ0v) is 11.0. The topological polar surface area (TPSA) is 32.3 Å². The largest absolute Gasteiger partial charge is 0.345 e. The second-order valence-electron chi connectivity index (χ2n) is 5.10. The van der Waals surface area contributed by atoms with E-state index in [4.69, 9.17) is 0 Å². The first-order valence-electron chi connectivity index (χ1n) is 6.56. The van der Waals surface area contributed by atoms with E-state index in [1.165, 1.54) is 19.3 Å². The fraction of sp³-hybridized carbons (Fsp3) is 0.923. The predicted molar refractivity (Wildman–Crippen MR) is 67.4 cm³/mol. The van der Waals surface area contributed by atoms with Crippen LogP contribution in [0, 0.1) is 5.41 Å². The van der Waals surface area contributed by atoms with Crippen molar-refractivity contribution in [1.29, 1.82) is 0 Å². The highest BCUT2D eigenvalue weighted by atomic mass is 16.2. The SMILES string of the molecule is CCCCCN(C)C(=O)C1(CNC)CCC1. The van der Waals surface area contributed by atoms with E-state index in [0.29, 0.717) is 5.91 Å². The van der Waals surface area contributed by atoms with E-state index in [1.807, 2.05) is 19.0 Å². The monoisotopic (exact) mass is 226 g/mol. The molecule has 0 heterocycles. The molecule has 0 saturated heterocycles. The lowest BCUT2D eigenvalue weighted by atomic mass is 9.67. The third-order valence-corrected chi connectivity index (χ3v) is 3.72. The van der Waals surface area contributed by atoms with Gasteiger partial charge in [0.2, 0.25) is 5.91 Å². The molecule has 1 saturated carbocycles. The van der Waals surface area contributed by atoms with Gasteiger partial charge in [-0.3, -0.25) is 4.79 Å². The Morgan fingerprint density at radius 1 is 1.38 bits per heavy atom. The molecule has 0 aromatic carbocycles. The van der Waals surface area contributed by atoms with E-state index < -0.39 is 0 Å². The molecule has 1 rings (SSSR count). The number of unbranched alkanes of at least 4 members (excludes halogenated alkanes) is 2. The Morgan fingerprint density at radius 3 is 2.50 bits per heavy atom. The molecule has 3 heteroatoms. The zero-order chi connectivity index (χ0) is 12.0. The highest BCUT2D eigenvalue weighted by molar-refractivity contribution is 5.83. The van der Waals surface area contributed by atoms with E-state index in [1.54, 1.807) is 0 Å². The van der Waals surface area contributed by atoms with Crippen molar-refractivity contribution in [2.75, 3.05) is 27.2 Å². The van der Waals surface area contributed by atoms with Gasteiger partial charge in [0.15, 0.2) is 0 Å². The Morgan fingerprint density at radius 2 is 2.06 bits per heavy atom. The first-order valence-corrected chi connectivity index (χ1v) is 6.56. The molecular formula is C13H26N2O. The van der Waals surface area contributed by atoms with E-state index in [2.05, 4.69) is 12.2 Å². The Balaban J connectivity index is 2.41. The van der Waals surface area contributed by atoms with Gasteiger partial charge in [-0.15, -0.1) is 0 Å². The number of hydrogen-bond acceptors (Lipinski definition) is 2. The van der Waals surface area contributed by atoms with Crippen LogP contribution in [0.15, 0.2) is 0 Å². The molecule has 1 aliphatic carbocycles. The summed E-state index contributed by atoms with van der Waals surface area (Å²) in [4.78, 5) is 14.3. The Kier molecular flexibility index (Phi) is 5.26. The van der Waals surface area contributed by atoms with Crippen molar-refractivity contribution < 1.29 is 4.79 Å². The lowest BCUT2D eigenvalue weighted by Gasteiger charge is -2.42. The first-order chi connectivity index (χ1) is 7.66. The molecule has 0 radical (unpaired) electrons. The van der Waals surface area contributed by atoms with Crippen molar-refractivity contribution in [3.63, 3.8) is 0 Å². The van der Waals surface area contributed by atoms with Gasteiger partial charge < -0.3 is 10.2 Å². The molecule has 16 heavy (non-hydrogen) atoms. The number of nitrogens with one attached hydrogen (secondary N) is 1. The first kappa shape index (κ1) is 13.5. The highest BCUT2D eigenvalue weighted by Gasteiger charge is 2.44. The van der Waals surface area contributed by atoms with Gasteiger partial charge >= 0.3 is 0 Å². The summed E-state index contributed by atoms with van der Waals surface area (Å²) >= 11 is 0. The van der Waals surface area contributed by atoms with Gasteiger partial charge in [0.05, 0.1) is 5.41 Å². The van der Waals surface area contributed by atoms with Crippen LogP contribution < -0.4 is 5.32 Å². The van der Waals surface area contributed by atoms with Crippen molar-refractivity contribution >= 4 is 5.91 Å². The summed E-state index contributed by atoms with van der Waals surface area (Å²) in [5.41, 5.74) is -0.0737.